The second-order valence-corrected chi connectivity index (χ2v) is 4.61. The number of nitrogens with zero attached hydrogens (tertiary/aromatic N) is 4. The van der Waals surface area contributed by atoms with Gasteiger partial charge in [0, 0.05) is 18.8 Å². The molecule has 1 fully saturated rings. The molecule has 90 valence electrons. The largest absolute Gasteiger partial charge is 0.338 e. The van der Waals surface area contributed by atoms with E-state index in [0.29, 0.717) is 11.7 Å². The van der Waals surface area contributed by atoms with E-state index in [1.807, 2.05) is 0 Å². The number of piperidine rings is 1. The van der Waals surface area contributed by atoms with Gasteiger partial charge in [-0.2, -0.15) is 0 Å². The Labute approximate surface area is 99.1 Å². The van der Waals surface area contributed by atoms with Gasteiger partial charge in [0.05, 0.1) is 0 Å². The summed E-state index contributed by atoms with van der Waals surface area (Å²) < 4.78 is 15.0. The minimum absolute atomic E-state index is 0.261. The van der Waals surface area contributed by atoms with Crippen LogP contribution in [0.5, 0.6) is 0 Å². The van der Waals surface area contributed by atoms with Crippen LogP contribution in [0.2, 0.25) is 0 Å². The number of halogens is 1. The van der Waals surface area contributed by atoms with Gasteiger partial charge in [-0.25, -0.2) is 4.39 Å². The number of rotatable bonds is 1. The topological polar surface area (TPSA) is 33.4 Å². The molecule has 0 amide bonds. The van der Waals surface area contributed by atoms with Gasteiger partial charge in [-0.3, -0.25) is 4.40 Å². The van der Waals surface area contributed by atoms with Gasteiger partial charge in [-0.05, 0) is 38.3 Å². The standard InChI is InChI=1S/C12H15FN4/c1-9-4-2-3-7-16(9)12-15-14-11-6-5-10(13)8-17(11)12/h5-6,8-9H,2-4,7H2,1H3. The van der Waals surface area contributed by atoms with Crippen molar-refractivity contribution < 1.29 is 4.39 Å². The quantitative estimate of drug-likeness (QED) is 0.758. The smallest absolute Gasteiger partial charge is 0.232 e. The lowest BCUT2D eigenvalue weighted by Gasteiger charge is -2.33. The minimum atomic E-state index is -0.261. The minimum Gasteiger partial charge on any atom is -0.338 e. The van der Waals surface area contributed by atoms with Crippen LogP contribution < -0.4 is 4.90 Å². The third-order valence-electron chi connectivity index (χ3n) is 3.41. The molecule has 1 unspecified atom stereocenters. The zero-order valence-electron chi connectivity index (χ0n) is 9.80. The molecule has 17 heavy (non-hydrogen) atoms. The highest BCUT2D eigenvalue weighted by atomic mass is 19.1. The lowest BCUT2D eigenvalue weighted by atomic mass is 10.0. The molecule has 0 bridgehead atoms. The van der Waals surface area contributed by atoms with Crippen LogP contribution in [0.3, 0.4) is 0 Å². The van der Waals surface area contributed by atoms with E-state index >= 15 is 0 Å². The number of pyridine rings is 1. The molecule has 0 N–H and O–H groups in total. The Hall–Kier alpha value is -1.65. The maximum Gasteiger partial charge on any atom is 0.232 e. The highest BCUT2D eigenvalue weighted by Crippen LogP contribution is 2.23. The normalized spacial score (nSPS) is 21.1. The van der Waals surface area contributed by atoms with Gasteiger partial charge in [0.2, 0.25) is 5.95 Å². The maximum atomic E-state index is 13.3. The lowest BCUT2D eigenvalue weighted by Crippen LogP contribution is -2.38. The fourth-order valence-electron chi connectivity index (χ4n) is 2.44. The summed E-state index contributed by atoms with van der Waals surface area (Å²) in [4.78, 5) is 2.21. The van der Waals surface area contributed by atoms with Crippen molar-refractivity contribution in [3.8, 4) is 0 Å². The number of hydrogen-bond donors (Lipinski definition) is 0. The molecule has 5 heteroatoms. The monoisotopic (exact) mass is 234 g/mol. The summed E-state index contributed by atoms with van der Waals surface area (Å²) in [5.41, 5.74) is 0.694. The first-order valence-electron chi connectivity index (χ1n) is 6.02. The third kappa shape index (κ3) is 1.75. The van der Waals surface area contributed by atoms with Gasteiger partial charge in [0.25, 0.3) is 0 Å². The highest BCUT2D eigenvalue weighted by molar-refractivity contribution is 5.47. The van der Waals surface area contributed by atoms with Crippen LogP contribution in [0.4, 0.5) is 10.3 Å². The molecule has 1 aliphatic rings. The SMILES string of the molecule is CC1CCCCN1c1nnc2ccc(F)cn12. The Morgan fingerprint density at radius 3 is 3.00 bits per heavy atom. The van der Waals surface area contributed by atoms with E-state index in [1.54, 1.807) is 10.5 Å². The Bertz CT molecular complexity index is 536. The van der Waals surface area contributed by atoms with Crippen LogP contribution in [-0.4, -0.2) is 27.2 Å². The molecule has 1 atom stereocenters. The summed E-state index contributed by atoms with van der Waals surface area (Å²) in [6, 6.07) is 3.51. The third-order valence-corrected chi connectivity index (χ3v) is 3.41. The number of fused-ring (bicyclic) bond motifs is 1. The average Bonchev–Trinajstić information content (AvgIpc) is 2.72. The second kappa shape index (κ2) is 3.98. The number of anilines is 1. The number of aromatic nitrogens is 3. The van der Waals surface area contributed by atoms with E-state index in [1.165, 1.54) is 18.7 Å². The van der Waals surface area contributed by atoms with Gasteiger partial charge in [-0.1, -0.05) is 0 Å². The van der Waals surface area contributed by atoms with Crippen molar-refractivity contribution in [1.29, 1.82) is 0 Å². The molecular formula is C12H15FN4. The number of hydrogen-bond acceptors (Lipinski definition) is 3. The van der Waals surface area contributed by atoms with E-state index in [4.69, 9.17) is 0 Å². The molecular weight excluding hydrogens is 219 g/mol. The predicted molar refractivity (Wildman–Crippen MR) is 63.6 cm³/mol. The molecule has 0 spiro atoms. The first kappa shape index (κ1) is 10.5. The van der Waals surface area contributed by atoms with E-state index < -0.39 is 0 Å². The van der Waals surface area contributed by atoms with E-state index in [0.717, 1.165) is 25.3 Å². The molecule has 1 aliphatic heterocycles. The summed E-state index contributed by atoms with van der Waals surface area (Å²) in [6.45, 7) is 3.15. The second-order valence-electron chi connectivity index (χ2n) is 4.61. The van der Waals surface area contributed by atoms with Gasteiger partial charge < -0.3 is 4.90 Å². The summed E-state index contributed by atoms with van der Waals surface area (Å²) in [7, 11) is 0. The summed E-state index contributed by atoms with van der Waals surface area (Å²) in [6.07, 6.45) is 5.02. The maximum absolute atomic E-state index is 13.3. The molecule has 1 saturated heterocycles. The average molecular weight is 234 g/mol. The van der Waals surface area contributed by atoms with E-state index in [2.05, 4.69) is 22.0 Å². The van der Waals surface area contributed by atoms with Crippen molar-refractivity contribution in [3.05, 3.63) is 24.1 Å². The van der Waals surface area contributed by atoms with E-state index in [-0.39, 0.29) is 5.82 Å². The summed E-state index contributed by atoms with van der Waals surface area (Å²) >= 11 is 0. The van der Waals surface area contributed by atoms with Gasteiger partial charge in [0.1, 0.15) is 5.82 Å². The zero-order valence-corrected chi connectivity index (χ0v) is 9.80. The molecule has 4 nitrogen and oxygen atoms in total. The summed E-state index contributed by atoms with van der Waals surface area (Å²) in [5, 5.41) is 8.26. The lowest BCUT2D eigenvalue weighted by molar-refractivity contribution is 0.475. The van der Waals surface area contributed by atoms with Crippen LogP contribution in [0.25, 0.3) is 5.65 Å². The molecule has 3 rings (SSSR count). The van der Waals surface area contributed by atoms with Crippen molar-refractivity contribution in [1.82, 2.24) is 14.6 Å². The van der Waals surface area contributed by atoms with Crippen LogP contribution in [-0.2, 0) is 0 Å². The van der Waals surface area contributed by atoms with Crippen molar-refractivity contribution >= 4 is 11.6 Å². The van der Waals surface area contributed by atoms with Crippen molar-refractivity contribution in [2.75, 3.05) is 11.4 Å². The molecule has 0 aromatic carbocycles. The zero-order chi connectivity index (χ0) is 11.8. The van der Waals surface area contributed by atoms with Crippen LogP contribution in [0, 0.1) is 5.82 Å². The van der Waals surface area contributed by atoms with E-state index in [9.17, 15) is 4.39 Å². The van der Waals surface area contributed by atoms with Crippen molar-refractivity contribution in [3.63, 3.8) is 0 Å². The first-order chi connectivity index (χ1) is 8.25. The van der Waals surface area contributed by atoms with Crippen LogP contribution in [0.15, 0.2) is 18.3 Å². The highest BCUT2D eigenvalue weighted by Gasteiger charge is 2.22. The molecule has 0 aliphatic carbocycles. The predicted octanol–water partition coefficient (Wildman–Crippen LogP) is 2.25. The molecule has 3 heterocycles. The Morgan fingerprint density at radius 2 is 2.18 bits per heavy atom. The Morgan fingerprint density at radius 1 is 1.29 bits per heavy atom. The van der Waals surface area contributed by atoms with Gasteiger partial charge >= 0.3 is 0 Å². The Kier molecular flexibility index (Phi) is 2.46. The molecule has 2 aromatic heterocycles. The van der Waals surface area contributed by atoms with Crippen LogP contribution in [0.1, 0.15) is 26.2 Å². The fraction of sp³-hybridized carbons (Fsp3) is 0.500. The molecule has 0 radical (unpaired) electrons. The first-order valence-corrected chi connectivity index (χ1v) is 6.02. The fourth-order valence-corrected chi connectivity index (χ4v) is 2.44. The van der Waals surface area contributed by atoms with Crippen LogP contribution >= 0.6 is 0 Å². The van der Waals surface area contributed by atoms with Gasteiger partial charge in [0.15, 0.2) is 5.65 Å². The van der Waals surface area contributed by atoms with Gasteiger partial charge in [-0.15, -0.1) is 10.2 Å². The molecule has 2 aromatic rings. The molecule has 0 saturated carbocycles. The Balaban J connectivity index is 2.07. The van der Waals surface area contributed by atoms with Crippen molar-refractivity contribution in [2.24, 2.45) is 0 Å². The van der Waals surface area contributed by atoms with Crippen molar-refractivity contribution in [2.45, 2.75) is 32.2 Å². The summed E-state index contributed by atoms with van der Waals surface area (Å²) in [5.74, 6) is 0.495.